The molecule has 0 radical (unpaired) electrons. The van der Waals surface area contributed by atoms with E-state index in [9.17, 15) is 10.1 Å². The molecule has 0 unspecified atom stereocenters. The molecular weight excluding hydrogens is 261 g/mol. The first-order valence-electron chi connectivity index (χ1n) is 2.74. The molecule has 0 fully saturated rings. The van der Waals surface area contributed by atoms with Crippen molar-refractivity contribution in [2.24, 2.45) is 0 Å². The van der Waals surface area contributed by atoms with Crippen LogP contribution >= 0.6 is 22.6 Å². The fourth-order valence-corrected chi connectivity index (χ4v) is 1.17. The maximum Gasteiger partial charge on any atom is 0.286 e. The summed E-state index contributed by atoms with van der Waals surface area (Å²) in [5.74, 6) is -0.0860. The number of nitro benzene ring substituents is 1. The maximum atomic E-state index is 10.3. The quantitative estimate of drug-likeness (QED) is 0.479. The Kier molecular flexibility index (Phi) is 2.28. The Morgan fingerprint density at radius 2 is 2.18 bits per heavy atom. The highest BCUT2D eigenvalue weighted by Crippen LogP contribution is 2.24. The number of phenolic OH excluding ortho intramolecular Hbond substituents is 1. The largest absolute Gasteiger partial charge is 0.508 e. The molecular formula is C6H4INO3. The van der Waals surface area contributed by atoms with Crippen LogP contribution in [-0.2, 0) is 0 Å². The first-order valence-corrected chi connectivity index (χ1v) is 3.82. The number of phenols is 1. The molecule has 58 valence electrons. The van der Waals surface area contributed by atoms with E-state index in [1.165, 1.54) is 12.1 Å². The summed E-state index contributed by atoms with van der Waals surface area (Å²) in [6, 6.07) is 4.03. The van der Waals surface area contributed by atoms with Crippen LogP contribution in [0.3, 0.4) is 0 Å². The highest BCUT2D eigenvalue weighted by atomic mass is 127. The number of hydrogen-bond acceptors (Lipinski definition) is 3. The zero-order valence-corrected chi connectivity index (χ0v) is 7.48. The fraction of sp³-hybridized carbons (Fsp3) is 0. The second-order valence-electron chi connectivity index (χ2n) is 1.89. The van der Waals surface area contributed by atoms with Gasteiger partial charge in [0.2, 0.25) is 0 Å². The Morgan fingerprint density at radius 3 is 2.64 bits per heavy atom. The summed E-state index contributed by atoms with van der Waals surface area (Å²) in [7, 11) is 0. The van der Waals surface area contributed by atoms with Crippen molar-refractivity contribution in [1.82, 2.24) is 0 Å². The Labute approximate surface area is 76.1 Å². The summed E-state index contributed by atoms with van der Waals surface area (Å²) in [5.41, 5.74) is -0.0643. The molecule has 0 aromatic heterocycles. The number of benzene rings is 1. The summed E-state index contributed by atoms with van der Waals surface area (Å²) in [6.07, 6.45) is 0. The molecule has 0 bridgehead atoms. The number of halogens is 1. The molecule has 4 nitrogen and oxygen atoms in total. The van der Waals surface area contributed by atoms with Gasteiger partial charge < -0.3 is 5.11 Å². The third kappa shape index (κ3) is 1.79. The Balaban J connectivity index is 3.23. The van der Waals surface area contributed by atoms with E-state index in [1.807, 2.05) is 22.6 Å². The van der Waals surface area contributed by atoms with Crippen molar-refractivity contribution in [3.63, 3.8) is 0 Å². The smallest absolute Gasteiger partial charge is 0.286 e. The highest BCUT2D eigenvalue weighted by Gasteiger charge is 2.10. The van der Waals surface area contributed by atoms with Crippen LogP contribution in [0.2, 0.25) is 0 Å². The predicted molar refractivity (Wildman–Crippen MR) is 47.5 cm³/mol. The van der Waals surface area contributed by atoms with Crippen molar-refractivity contribution >= 4 is 28.3 Å². The molecule has 0 aliphatic carbocycles. The minimum Gasteiger partial charge on any atom is -0.508 e. The standard InChI is InChI=1S/C6H4INO3/c7-5-2-1-4(9)3-6(5)8(10)11/h1-3,9H. The van der Waals surface area contributed by atoms with Gasteiger partial charge in [-0.25, -0.2) is 0 Å². The summed E-state index contributed by atoms with van der Waals surface area (Å²) in [4.78, 5) is 9.74. The molecule has 1 aromatic carbocycles. The Morgan fingerprint density at radius 1 is 1.55 bits per heavy atom. The lowest BCUT2D eigenvalue weighted by Crippen LogP contribution is -1.90. The minimum atomic E-state index is -0.526. The predicted octanol–water partition coefficient (Wildman–Crippen LogP) is 1.91. The van der Waals surface area contributed by atoms with Crippen LogP contribution in [0, 0.1) is 13.7 Å². The molecule has 0 saturated carbocycles. The van der Waals surface area contributed by atoms with Crippen molar-refractivity contribution in [3.05, 3.63) is 31.9 Å². The van der Waals surface area contributed by atoms with E-state index >= 15 is 0 Å². The van der Waals surface area contributed by atoms with Gasteiger partial charge >= 0.3 is 0 Å². The van der Waals surface area contributed by atoms with Crippen molar-refractivity contribution in [2.75, 3.05) is 0 Å². The van der Waals surface area contributed by atoms with Gasteiger partial charge in [0, 0.05) is 0 Å². The molecule has 1 N–H and O–H groups in total. The average Bonchev–Trinajstić information content (AvgIpc) is 1.94. The topological polar surface area (TPSA) is 63.4 Å². The van der Waals surface area contributed by atoms with E-state index in [0.29, 0.717) is 3.57 Å². The molecule has 0 atom stereocenters. The molecule has 5 heteroatoms. The van der Waals surface area contributed by atoms with Gasteiger partial charge in [-0.15, -0.1) is 0 Å². The van der Waals surface area contributed by atoms with E-state index in [2.05, 4.69) is 0 Å². The van der Waals surface area contributed by atoms with Gasteiger partial charge in [-0.2, -0.15) is 0 Å². The fourth-order valence-electron chi connectivity index (χ4n) is 0.641. The number of aromatic hydroxyl groups is 1. The molecule has 0 aliphatic heterocycles. The zero-order chi connectivity index (χ0) is 8.43. The van der Waals surface area contributed by atoms with E-state index in [0.717, 1.165) is 6.07 Å². The van der Waals surface area contributed by atoms with Gasteiger partial charge in [-0.05, 0) is 34.7 Å². The summed E-state index contributed by atoms with van der Waals surface area (Å²) < 4.78 is 0.519. The Hall–Kier alpha value is -0.850. The third-order valence-electron chi connectivity index (χ3n) is 1.13. The Bertz CT molecular complexity index is 300. The average molecular weight is 265 g/mol. The number of hydrogen-bond donors (Lipinski definition) is 1. The van der Waals surface area contributed by atoms with Gasteiger partial charge in [0.05, 0.1) is 14.6 Å². The zero-order valence-electron chi connectivity index (χ0n) is 5.32. The van der Waals surface area contributed by atoms with Gasteiger partial charge in [0.25, 0.3) is 5.69 Å². The van der Waals surface area contributed by atoms with Gasteiger partial charge in [-0.1, -0.05) is 0 Å². The van der Waals surface area contributed by atoms with Crippen LogP contribution in [0.4, 0.5) is 5.69 Å². The van der Waals surface area contributed by atoms with Gasteiger partial charge in [0.15, 0.2) is 0 Å². The molecule has 0 heterocycles. The summed E-state index contributed by atoms with van der Waals surface area (Å²) >= 11 is 1.84. The van der Waals surface area contributed by atoms with Crippen molar-refractivity contribution in [1.29, 1.82) is 0 Å². The van der Waals surface area contributed by atoms with Gasteiger partial charge in [0.1, 0.15) is 5.75 Å². The lowest BCUT2D eigenvalue weighted by Gasteiger charge is -1.94. The molecule has 0 aliphatic rings. The van der Waals surface area contributed by atoms with Crippen LogP contribution in [0.5, 0.6) is 5.75 Å². The van der Waals surface area contributed by atoms with Gasteiger partial charge in [-0.3, -0.25) is 10.1 Å². The van der Waals surface area contributed by atoms with Crippen molar-refractivity contribution in [2.45, 2.75) is 0 Å². The second-order valence-corrected chi connectivity index (χ2v) is 3.06. The first-order chi connectivity index (χ1) is 5.11. The van der Waals surface area contributed by atoms with E-state index < -0.39 is 4.92 Å². The molecule has 0 saturated heterocycles. The molecule has 1 aromatic rings. The van der Waals surface area contributed by atoms with Crippen LogP contribution in [0.25, 0.3) is 0 Å². The number of nitrogens with zero attached hydrogens (tertiary/aromatic N) is 1. The van der Waals surface area contributed by atoms with Crippen LogP contribution < -0.4 is 0 Å². The van der Waals surface area contributed by atoms with Crippen LogP contribution in [0.1, 0.15) is 0 Å². The molecule has 0 spiro atoms. The second kappa shape index (κ2) is 3.04. The SMILES string of the molecule is O=[N+]([O-])c1cc(O)ccc1I. The van der Waals surface area contributed by atoms with Crippen LogP contribution in [-0.4, -0.2) is 10.0 Å². The third-order valence-corrected chi connectivity index (χ3v) is 2.04. The summed E-state index contributed by atoms with van der Waals surface area (Å²) in [6.45, 7) is 0. The van der Waals surface area contributed by atoms with E-state index in [-0.39, 0.29) is 11.4 Å². The normalized spacial score (nSPS) is 9.55. The number of nitro groups is 1. The maximum absolute atomic E-state index is 10.3. The van der Waals surface area contributed by atoms with Crippen molar-refractivity contribution in [3.8, 4) is 5.75 Å². The van der Waals surface area contributed by atoms with Crippen molar-refractivity contribution < 1.29 is 10.0 Å². The molecule has 0 amide bonds. The highest BCUT2D eigenvalue weighted by molar-refractivity contribution is 14.1. The first kappa shape index (κ1) is 8.25. The minimum absolute atomic E-state index is 0.0643. The molecule has 11 heavy (non-hydrogen) atoms. The van der Waals surface area contributed by atoms with E-state index in [4.69, 9.17) is 5.11 Å². The lowest BCUT2D eigenvalue weighted by atomic mass is 10.3. The van der Waals surface area contributed by atoms with Crippen LogP contribution in [0.15, 0.2) is 18.2 Å². The lowest BCUT2D eigenvalue weighted by molar-refractivity contribution is -0.385. The van der Waals surface area contributed by atoms with E-state index in [1.54, 1.807) is 0 Å². The monoisotopic (exact) mass is 265 g/mol. The number of rotatable bonds is 1. The summed E-state index contributed by atoms with van der Waals surface area (Å²) in [5, 5.41) is 19.1. The molecule has 1 rings (SSSR count).